The fourth-order valence-corrected chi connectivity index (χ4v) is 4.69. The number of aryl methyl sites for hydroxylation is 3. The number of amides is 1. The SMILES string of the molecule is Cc1cc(C)c2c(c1)c(C)cc1nnc(SCC(=O)N(C(C)C)C(C)C)n12. The first kappa shape index (κ1) is 19.7. The van der Waals surface area contributed by atoms with Crippen molar-refractivity contribution in [2.45, 2.75) is 65.7 Å². The van der Waals surface area contributed by atoms with Gasteiger partial charge in [-0.25, -0.2) is 0 Å². The lowest BCUT2D eigenvalue weighted by atomic mass is 10.0. The molecule has 0 saturated heterocycles. The van der Waals surface area contributed by atoms with Gasteiger partial charge in [-0.05, 0) is 71.7 Å². The molecule has 0 aliphatic heterocycles. The van der Waals surface area contributed by atoms with Crippen molar-refractivity contribution < 1.29 is 4.79 Å². The molecule has 3 aromatic rings. The zero-order chi connectivity index (χ0) is 19.9. The third-order valence-corrected chi connectivity index (χ3v) is 5.74. The number of thioether (sulfide) groups is 1. The average molecular weight is 385 g/mol. The van der Waals surface area contributed by atoms with Crippen LogP contribution in [0.25, 0.3) is 16.6 Å². The Bertz CT molecular complexity index is 998. The van der Waals surface area contributed by atoms with E-state index in [9.17, 15) is 4.79 Å². The molecule has 6 heteroatoms. The van der Waals surface area contributed by atoms with E-state index >= 15 is 0 Å². The standard InChI is InChI=1S/C21H28N4OS/c1-12(2)24(13(3)4)19(26)11-27-21-23-22-18-10-15(6)17-9-14(5)8-16(7)20(17)25(18)21/h8-10,12-13H,11H2,1-7H3. The Kier molecular flexibility index (Phi) is 5.47. The minimum Gasteiger partial charge on any atom is -0.337 e. The predicted octanol–water partition coefficient (Wildman–Crippen LogP) is 4.55. The molecule has 0 N–H and O–H groups in total. The molecule has 0 saturated carbocycles. The molecule has 1 amide bonds. The summed E-state index contributed by atoms with van der Waals surface area (Å²) in [5.74, 6) is 0.489. The molecule has 27 heavy (non-hydrogen) atoms. The second-order valence-corrected chi connectivity index (χ2v) is 8.70. The topological polar surface area (TPSA) is 50.5 Å². The Morgan fingerprint density at radius 2 is 1.70 bits per heavy atom. The summed E-state index contributed by atoms with van der Waals surface area (Å²) < 4.78 is 2.09. The number of hydrogen-bond donors (Lipinski definition) is 0. The van der Waals surface area contributed by atoms with Crippen molar-refractivity contribution >= 4 is 34.2 Å². The monoisotopic (exact) mass is 384 g/mol. The van der Waals surface area contributed by atoms with Crippen LogP contribution in [0.3, 0.4) is 0 Å². The van der Waals surface area contributed by atoms with Crippen LogP contribution in [0.4, 0.5) is 0 Å². The van der Waals surface area contributed by atoms with Gasteiger partial charge in [0.15, 0.2) is 10.8 Å². The Hall–Kier alpha value is -2.08. The fraction of sp³-hybridized carbons (Fsp3) is 0.476. The molecule has 0 fully saturated rings. The zero-order valence-electron chi connectivity index (χ0n) is 17.2. The van der Waals surface area contributed by atoms with E-state index in [0.29, 0.717) is 5.75 Å². The summed E-state index contributed by atoms with van der Waals surface area (Å²) in [5, 5.41) is 10.7. The van der Waals surface area contributed by atoms with Gasteiger partial charge in [-0.1, -0.05) is 23.4 Å². The number of rotatable bonds is 5. The molecule has 0 aliphatic rings. The maximum atomic E-state index is 12.7. The fourth-order valence-electron chi connectivity index (χ4n) is 3.88. The lowest BCUT2D eigenvalue weighted by molar-refractivity contribution is -0.131. The van der Waals surface area contributed by atoms with Crippen LogP contribution in [-0.4, -0.2) is 43.2 Å². The number of carbonyl (C=O) groups is 1. The molecule has 1 aromatic carbocycles. The Morgan fingerprint density at radius 3 is 2.33 bits per heavy atom. The molecule has 3 rings (SSSR count). The lowest BCUT2D eigenvalue weighted by Gasteiger charge is -2.30. The van der Waals surface area contributed by atoms with Crippen LogP contribution in [0.1, 0.15) is 44.4 Å². The highest BCUT2D eigenvalue weighted by Crippen LogP contribution is 2.29. The molecular weight excluding hydrogens is 356 g/mol. The van der Waals surface area contributed by atoms with E-state index in [4.69, 9.17) is 0 Å². The normalized spacial score (nSPS) is 11.9. The highest BCUT2D eigenvalue weighted by atomic mass is 32.2. The van der Waals surface area contributed by atoms with Crippen LogP contribution in [0.15, 0.2) is 23.4 Å². The Balaban J connectivity index is 2.01. The Labute approximate surface area is 165 Å². The van der Waals surface area contributed by atoms with Crippen LogP contribution < -0.4 is 0 Å². The smallest absolute Gasteiger partial charge is 0.233 e. The average Bonchev–Trinajstić information content (AvgIpc) is 2.94. The summed E-state index contributed by atoms with van der Waals surface area (Å²) in [5.41, 5.74) is 5.57. The van der Waals surface area contributed by atoms with Crippen molar-refractivity contribution in [3.8, 4) is 0 Å². The molecule has 0 unspecified atom stereocenters. The van der Waals surface area contributed by atoms with Gasteiger partial charge >= 0.3 is 0 Å². The quantitative estimate of drug-likeness (QED) is 0.606. The summed E-state index contributed by atoms with van der Waals surface area (Å²) >= 11 is 1.46. The van der Waals surface area contributed by atoms with Gasteiger partial charge in [0, 0.05) is 17.5 Å². The van der Waals surface area contributed by atoms with Gasteiger partial charge in [-0.2, -0.15) is 0 Å². The maximum absolute atomic E-state index is 12.7. The first-order valence-corrected chi connectivity index (χ1v) is 10.4. The summed E-state index contributed by atoms with van der Waals surface area (Å²) in [6.07, 6.45) is 0. The number of aromatic nitrogens is 3. The highest BCUT2D eigenvalue weighted by molar-refractivity contribution is 7.99. The van der Waals surface area contributed by atoms with E-state index in [1.807, 2.05) is 4.90 Å². The molecule has 2 heterocycles. The van der Waals surface area contributed by atoms with Crippen LogP contribution in [0.5, 0.6) is 0 Å². The van der Waals surface area contributed by atoms with E-state index in [-0.39, 0.29) is 18.0 Å². The molecule has 0 spiro atoms. The molecule has 2 aromatic heterocycles. The van der Waals surface area contributed by atoms with Gasteiger partial charge in [-0.3, -0.25) is 9.20 Å². The Morgan fingerprint density at radius 1 is 1.04 bits per heavy atom. The lowest BCUT2D eigenvalue weighted by Crippen LogP contribution is -2.43. The van der Waals surface area contributed by atoms with E-state index in [2.05, 4.69) is 81.3 Å². The van der Waals surface area contributed by atoms with E-state index in [1.165, 1.54) is 33.8 Å². The molecular formula is C21H28N4OS. The summed E-state index contributed by atoms with van der Waals surface area (Å²) in [4.78, 5) is 14.7. The second-order valence-electron chi connectivity index (χ2n) is 7.76. The zero-order valence-corrected chi connectivity index (χ0v) is 18.0. The number of pyridine rings is 1. The highest BCUT2D eigenvalue weighted by Gasteiger charge is 2.21. The number of carbonyl (C=O) groups excluding carboxylic acids is 1. The van der Waals surface area contributed by atoms with Gasteiger partial charge in [-0.15, -0.1) is 10.2 Å². The summed E-state index contributed by atoms with van der Waals surface area (Å²) in [6, 6.07) is 6.81. The molecule has 5 nitrogen and oxygen atoms in total. The third kappa shape index (κ3) is 3.68. The van der Waals surface area contributed by atoms with Gasteiger partial charge in [0.05, 0.1) is 11.3 Å². The van der Waals surface area contributed by atoms with Crippen molar-refractivity contribution in [3.05, 3.63) is 34.9 Å². The van der Waals surface area contributed by atoms with Crippen molar-refractivity contribution in [2.75, 3.05) is 5.75 Å². The molecule has 144 valence electrons. The van der Waals surface area contributed by atoms with Crippen molar-refractivity contribution in [2.24, 2.45) is 0 Å². The summed E-state index contributed by atoms with van der Waals surface area (Å²) in [6.45, 7) is 14.5. The maximum Gasteiger partial charge on any atom is 0.233 e. The van der Waals surface area contributed by atoms with Gasteiger partial charge in [0.2, 0.25) is 5.91 Å². The predicted molar refractivity (Wildman–Crippen MR) is 113 cm³/mol. The third-order valence-electron chi connectivity index (χ3n) is 4.82. The second kappa shape index (κ2) is 7.50. The van der Waals surface area contributed by atoms with Crippen molar-refractivity contribution in [1.82, 2.24) is 19.5 Å². The largest absolute Gasteiger partial charge is 0.337 e. The minimum absolute atomic E-state index is 0.130. The van der Waals surface area contributed by atoms with Crippen molar-refractivity contribution in [3.63, 3.8) is 0 Å². The molecule has 0 bridgehead atoms. The molecule has 0 aliphatic carbocycles. The number of hydrogen-bond acceptors (Lipinski definition) is 4. The van der Waals surface area contributed by atoms with Crippen LogP contribution >= 0.6 is 11.8 Å². The first-order chi connectivity index (χ1) is 12.7. The van der Waals surface area contributed by atoms with Crippen LogP contribution in [0.2, 0.25) is 0 Å². The minimum atomic E-state index is 0.130. The van der Waals surface area contributed by atoms with Gasteiger partial charge < -0.3 is 4.90 Å². The van der Waals surface area contributed by atoms with Gasteiger partial charge in [0.1, 0.15) is 0 Å². The van der Waals surface area contributed by atoms with Crippen molar-refractivity contribution in [1.29, 1.82) is 0 Å². The first-order valence-electron chi connectivity index (χ1n) is 9.40. The molecule has 0 atom stereocenters. The molecule has 0 radical (unpaired) electrons. The van der Waals surface area contributed by atoms with Gasteiger partial charge in [0.25, 0.3) is 0 Å². The number of benzene rings is 1. The van der Waals surface area contributed by atoms with Crippen LogP contribution in [0, 0.1) is 20.8 Å². The summed E-state index contributed by atoms with van der Waals surface area (Å²) in [7, 11) is 0. The van der Waals surface area contributed by atoms with Crippen LogP contribution in [-0.2, 0) is 4.79 Å². The number of nitrogens with zero attached hydrogens (tertiary/aromatic N) is 4. The van der Waals surface area contributed by atoms with E-state index in [0.717, 1.165) is 16.3 Å². The number of fused-ring (bicyclic) bond motifs is 3. The van der Waals surface area contributed by atoms with E-state index < -0.39 is 0 Å². The van der Waals surface area contributed by atoms with E-state index in [1.54, 1.807) is 0 Å².